The third kappa shape index (κ3) is 1.71. The molecule has 1 aromatic rings. The minimum absolute atomic E-state index is 0.00511. The van der Waals surface area contributed by atoms with E-state index in [-0.39, 0.29) is 6.61 Å². The van der Waals surface area contributed by atoms with Crippen molar-refractivity contribution in [1.29, 1.82) is 0 Å². The maximum Gasteiger partial charge on any atom is 0.246 e. The van der Waals surface area contributed by atoms with Gasteiger partial charge in [0.2, 0.25) is 5.88 Å². The second-order valence-corrected chi connectivity index (χ2v) is 3.36. The number of nitrogens with zero attached hydrogens (tertiary/aromatic N) is 2. The fourth-order valence-electron chi connectivity index (χ4n) is 0.907. The van der Waals surface area contributed by atoms with Gasteiger partial charge in [0.15, 0.2) is 0 Å². The summed E-state index contributed by atoms with van der Waals surface area (Å²) in [5.74, 6) is 0.602. The van der Waals surface area contributed by atoms with Crippen LogP contribution in [0.5, 0.6) is 5.88 Å². The van der Waals surface area contributed by atoms with Gasteiger partial charge in [0.05, 0.1) is 18.9 Å². The Kier molecular flexibility index (Phi) is 3.33. The Morgan fingerprint density at radius 2 is 2.33 bits per heavy atom. The highest BCUT2D eigenvalue weighted by Crippen LogP contribution is 2.22. The molecule has 1 N–H and O–H groups in total. The summed E-state index contributed by atoms with van der Waals surface area (Å²) in [6.45, 7) is 2.50. The first kappa shape index (κ1) is 9.79. The third-order valence-corrected chi connectivity index (χ3v) is 2.59. The van der Waals surface area contributed by atoms with E-state index in [2.05, 4.69) is 27.7 Å². The summed E-state index contributed by atoms with van der Waals surface area (Å²) >= 11 is 2.12. The molecular weight excluding hydrogens is 271 g/mol. The number of hydrogen-bond donors (Lipinski definition) is 1. The van der Waals surface area contributed by atoms with E-state index in [4.69, 9.17) is 9.84 Å². The van der Waals surface area contributed by atoms with Gasteiger partial charge in [0.1, 0.15) is 3.57 Å². The van der Waals surface area contributed by atoms with Crippen LogP contribution in [0, 0.1) is 3.57 Å². The molecule has 4 nitrogen and oxygen atoms in total. The van der Waals surface area contributed by atoms with Gasteiger partial charge in [-0.25, -0.2) is 0 Å². The highest BCUT2D eigenvalue weighted by molar-refractivity contribution is 14.1. The molecule has 1 heterocycles. The lowest BCUT2D eigenvalue weighted by atomic mass is 10.4. The van der Waals surface area contributed by atoms with Gasteiger partial charge in [0, 0.05) is 7.05 Å². The largest absolute Gasteiger partial charge is 0.476 e. The second-order valence-electron chi connectivity index (χ2n) is 2.28. The first-order chi connectivity index (χ1) is 5.70. The lowest BCUT2D eigenvalue weighted by molar-refractivity contribution is 0.269. The van der Waals surface area contributed by atoms with E-state index in [9.17, 15) is 0 Å². The molecule has 0 aliphatic heterocycles. The van der Waals surface area contributed by atoms with E-state index in [1.54, 1.807) is 11.7 Å². The average molecular weight is 282 g/mol. The molecule has 0 spiro atoms. The van der Waals surface area contributed by atoms with Gasteiger partial charge in [-0.1, -0.05) is 0 Å². The fraction of sp³-hybridized carbons (Fsp3) is 0.571. The number of hydrogen-bond acceptors (Lipinski definition) is 3. The number of rotatable bonds is 3. The molecule has 1 aromatic heterocycles. The number of aromatic nitrogens is 2. The van der Waals surface area contributed by atoms with E-state index < -0.39 is 0 Å². The zero-order valence-corrected chi connectivity index (χ0v) is 9.20. The molecule has 0 saturated heterocycles. The standard InChI is InChI=1S/C7H11IN2O2/c1-3-12-7-6(8)5(4-11)10(2)9-7/h11H,3-4H2,1-2H3. The van der Waals surface area contributed by atoms with Crippen molar-refractivity contribution >= 4 is 22.6 Å². The van der Waals surface area contributed by atoms with Crippen molar-refractivity contribution in [2.45, 2.75) is 13.5 Å². The summed E-state index contributed by atoms with van der Waals surface area (Å²) in [4.78, 5) is 0. The highest BCUT2D eigenvalue weighted by Gasteiger charge is 2.12. The molecule has 0 bridgehead atoms. The van der Waals surface area contributed by atoms with Crippen LogP contribution in [0.1, 0.15) is 12.6 Å². The molecule has 12 heavy (non-hydrogen) atoms. The number of halogens is 1. The predicted octanol–water partition coefficient (Wildman–Crippen LogP) is 0.916. The maximum absolute atomic E-state index is 8.96. The molecule has 0 fully saturated rings. The van der Waals surface area contributed by atoms with Crippen LogP contribution in [0.2, 0.25) is 0 Å². The molecule has 68 valence electrons. The molecular formula is C7H11IN2O2. The monoisotopic (exact) mass is 282 g/mol. The Morgan fingerprint density at radius 3 is 2.75 bits per heavy atom. The van der Waals surface area contributed by atoms with Gasteiger partial charge in [-0.2, -0.15) is 0 Å². The van der Waals surface area contributed by atoms with Crippen molar-refractivity contribution in [3.63, 3.8) is 0 Å². The Bertz CT molecular complexity index is 273. The topological polar surface area (TPSA) is 47.3 Å². The third-order valence-electron chi connectivity index (χ3n) is 1.50. The summed E-state index contributed by atoms with van der Waals surface area (Å²) in [5.41, 5.74) is 0.791. The van der Waals surface area contributed by atoms with Crippen LogP contribution in [0.3, 0.4) is 0 Å². The molecule has 1 rings (SSSR count). The van der Waals surface area contributed by atoms with Crippen LogP contribution in [0.4, 0.5) is 0 Å². The molecule has 5 heteroatoms. The molecule has 0 aliphatic rings. The number of ether oxygens (including phenoxy) is 1. The van der Waals surface area contributed by atoms with Gasteiger partial charge in [-0.05, 0) is 29.5 Å². The van der Waals surface area contributed by atoms with Crippen molar-refractivity contribution in [2.24, 2.45) is 7.05 Å². The summed E-state index contributed by atoms with van der Waals surface area (Å²) in [5, 5.41) is 13.1. The zero-order valence-electron chi connectivity index (χ0n) is 7.04. The Labute approximate surface area is 84.7 Å². The summed E-state index contributed by atoms with van der Waals surface area (Å²) in [6, 6.07) is 0. The number of aliphatic hydroxyl groups is 1. The lowest BCUT2D eigenvalue weighted by Crippen LogP contribution is -1.98. The normalized spacial score (nSPS) is 10.3. The molecule has 0 radical (unpaired) electrons. The van der Waals surface area contributed by atoms with E-state index in [1.807, 2.05) is 6.92 Å². The molecule has 0 atom stereocenters. The molecule has 0 aliphatic carbocycles. The smallest absolute Gasteiger partial charge is 0.246 e. The van der Waals surface area contributed by atoms with Crippen molar-refractivity contribution in [1.82, 2.24) is 9.78 Å². The van der Waals surface area contributed by atoms with Gasteiger partial charge in [0.25, 0.3) is 0 Å². The van der Waals surface area contributed by atoms with Crippen LogP contribution in [-0.4, -0.2) is 21.5 Å². The predicted molar refractivity (Wildman–Crippen MR) is 53.0 cm³/mol. The molecule has 0 unspecified atom stereocenters. The Morgan fingerprint density at radius 1 is 1.67 bits per heavy atom. The number of aryl methyl sites for hydroxylation is 1. The van der Waals surface area contributed by atoms with Crippen molar-refractivity contribution < 1.29 is 9.84 Å². The highest BCUT2D eigenvalue weighted by atomic mass is 127. The second kappa shape index (κ2) is 4.08. The minimum atomic E-state index is -0.00511. The lowest BCUT2D eigenvalue weighted by Gasteiger charge is -1.96. The van der Waals surface area contributed by atoms with E-state index in [1.165, 1.54) is 0 Å². The van der Waals surface area contributed by atoms with Gasteiger partial charge in [-0.3, -0.25) is 4.68 Å². The zero-order chi connectivity index (χ0) is 9.14. The summed E-state index contributed by atoms with van der Waals surface area (Å²) in [7, 11) is 1.79. The Balaban J connectivity index is 3.00. The summed E-state index contributed by atoms with van der Waals surface area (Å²) in [6.07, 6.45) is 0. The van der Waals surface area contributed by atoms with Crippen LogP contribution in [0.25, 0.3) is 0 Å². The van der Waals surface area contributed by atoms with E-state index in [0.29, 0.717) is 12.5 Å². The van der Waals surface area contributed by atoms with Gasteiger partial charge >= 0.3 is 0 Å². The SMILES string of the molecule is CCOc1nn(C)c(CO)c1I. The van der Waals surface area contributed by atoms with Gasteiger partial charge in [-0.15, -0.1) is 5.10 Å². The van der Waals surface area contributed by atoms with E-state index >= 15 is 0 Å². The van der Waals surface area contributed by atoms with Crippen molar-refractivity contribution in [3.05, 3.63) is 9.26 Å². The first-order valence-electron chi connectivity index (χ1n) is 3.65. The van der Waals surface area contributed by atoms with Crippen molar-refractivity contribution in [2.75, 3.05) is 6.61 Å². The minimum Gasteiger partial charge on any atom is -0.476 e. The molecule has 0 saturated carbocycles. The quantitative estimate of drug-likeness (QED) is 0.838. The Hall–Kier alpha value is -0.300. The number of aliphatic hydroxyl groups excluding tert-OH is 1. The maximum atomic E-state index is 8.96. The first-order valence-corrected chi connectivity index (χ1v) is 4.73. The van der Waals surface area contributed by atoms with Crippen LogP contribution in [-0.2, 0) is 13.7 Å². The average Bonchev–Trinajstić information content (AvgIpc) is 2.29. The molecule has 0 aromatic carbocycles. The molecule has 0 amide bonds. The summed E-state index contributed by atoms with van der Waals surface area (Å²) < 4.78 is 7.77. The van der Waals surface area contributed by atoms with Gasteiger partial charge < -0.3 is 9.84 Å². The van der Waals surface area contributed by atoms with Crippen LogP contribution < -0.4 is 4.74 Å². The van der Waals surface area contributed by atoms with Crippen molar-refractivity contribution in [3.8, 4) is 5.88 Å². The van der Waals surface area contributed by atoms with Crippen LogP contribution in [0.15, 0.2) is 0 Å². The van der Waals surface area contributed by atoms with Crippen LogP contribution >= 0.6 is 22.6 Å². The fourth-order valence-corrected chi connectivity index (χ4v) is 1.69. The van der Waals surface area contributed by atoms with E-state index in [0.717, 1.165) is 9.26 Å².